The zero-order valence-electron chi connectivity index (χ0n) is 13.5. The average molecular weight is 350 g/mol. The van der Waals surface area contributed by atoms with Crippen molar-refractivity contribution in [2.24, 2.45) is 4.99 Å². The van der Waals surface area contributed by atoms with Crippen LogP contribution in [0.25, 0.3) is 11.3 Å². The number of rotatable bonds is 4. The van der Waals surface area contributed by atoms with Crippen LogP contribution in [0.15, 0.2) is 39.8 Å². The lowest BCUT2D eigenvalue weighted by Gasteiger charge is -2.29. The Kier molecular flexibility index (Phi) is 4.97. The lowest BCUT2D eigenvalue weighted by atomic mass is 10.1. The van der Waals surface area contributed by atoms with Gasteiger partial charge in [-0.3, -0.25) is 4.99 Å². The third-order valence-corrected chi connectivity index (χ3v) is 5.01. The second kappa shape index (κ2) is 6.97. The summed E-state index contributed by atoms with van der Waals surface area (Å²) in [6.45, 7) is 2.15. The molecule has 1 atom stereocenters. The Morgan fingerprint density at radius 3 is 2.83 bits per heavy atom. The van der Waals surface area contributed by atoms with Crippen LogP contribution in [0.3, 0.4) is 0 Å². The molecule has 0 aliphatic heterocycles. The van der Waals surface area contributed by atoms with Gasteiger partial charge in [0.25, 0.3) is 0 Å². The van der Waals surface area contributed by atoms with E-state index in [9.17, 15) is 0 Å². The first kappa shape index (κ1) is 16.4. The number of amidine groups is 1. The summed E-state index contributed by atoms with van der Waals surface area (Å²) in [5.41, 5.74) is 1.86. The molecule has 23 heavy (non-hydrogen) atoms. The average Bonchev–Trinajstić information content (AvgIpc) is 3.26. The van der Waals surface area contributed by atoms with Crippen molar-refractivity contribution in [3.63, 3.8) is 0 Å². The number of halogens is 1. The van der Waals surface area contributed by atoms with Gasteiger partial charge in [-0.2, -0.15) is 0 Å². The smallest absolute Gasteiger partial charge is 0.167 e. The SMILES string of the molecule is C/N=C(\SC)N(C1CC1)C(C)c1cc(-c2cccc(Cl)c2)on1. The van der Waals surface area contributed by atoms with Gasteiger partial charge >= 0.3 is 0 Å². The quantitative estimate of drug-likeness (QED) is 0.583. The number of nitrogens with zero attached hydrogens (tertiary/aromatic N) is 3. The van der Waals surface area contributed by atoms with Crippen molar-refractivity contribution in [1.82, 2.24) is 10.1 Å². The molecule has 6 heteroatoms. The van der Waals surface area contributed by atoms with Gasteiger partial charge in [0, 0.05) is 29.7 Å². The van der Waals surface area contributed by atoms with E-state index in [-0.39, 0.29) is 6.04 Å². The zero-order valence-corrected chi connectivity index (χ0v) is 15.1. The largest absolute Gasteiger partial charge is 0.356 e. The molecule has 1 aromatic carbocycles. The molecule has 0 amide bonds. The van der Waals surface area contributed by atoms with Crippen LogP contribution in [-0.4, -0.2) is 34.6 Å². The Morgan fingerprint density at radius 1 is 1.43 bits per heavy atom. The number of aromatic nitrogens is 1. The summed E-state index contributed by atoms with van der Waals surface area (Å²) < 4.78 is 5.54. The van der Waals surface area contributed by atoms with Crippen molar-refractivity contribution < 1.29 is 4.52 Å². The monoisotopic (exact) mass is 349 g/mol. The highest BCUT2D eigenvalue weighted by atomic mass is 35.5. The van der Waals surface area contributed by atoms with Crippen LogP contribution in [0.2, 0.25) is 5.02 Å². The lowest BCUT2D eigenvalue weighted by Crippen LogP contribution is -2.33. The van der Waals surface area contributed by atoms with Gasteiger partial charge in [0.1, 0.15) is 5.69 Å². The molecule has 1 aliphatic carbocycles. The van der Waals surface area contributed by atoms with E-state index in [1.165, 1.54) is 12.8 Å². The molecule has 4 nitrogen and oxygen atoms in total. The molecule has 2 aromatic rings. The fraction of sp³-hybridized carbons (Fsp3) is 0.412. The van der Waals surface area contributed by atoms with Crippen molar-refractivity contribution in [2.75, 3.05) is 13.3 Å². The van der Waals surface area contributed by atoms with Crippen LogP contribution in [0, 0.1) is 0 Å². The molecular weight excluding hydrogens is 330 g/mol. The van der Waals surface area contributed by atoms with Gasteiger partial charge in [0.05, 0.1) is 6.04 Å². The van der Waals surface area contributed by atoms with Crippen LogP contribution in [0.5, 0.6) is 0 Å². The molecule has 1 fully saturated rings. The van der Waals surface area contributed by atoms with Gasteiger partial charge in [-0.15, -0.1) is 0 Å². The summed E-state index contributed by atoms with van der Waals surface area (Å²) in [6.07, 6.45) is 4.48. The standard InChI is InChI=1S/C17H20ClN3OS/c1-11(21(14-7-8-14)17(19-2)23-3)15-10-16(22-20-15)12-5-4-6-13(18)9-12/h4-6,9-11,14H,7-8H2,1-3H3/b19-17-. The van der Waals surface area contributed by atoms with Gasteiger partial charge < -0.3 is 9.42 Å². The minimum atomic E-state index is 0.130. The van der Waals surface area contributed by atoms with Crippen LogP contribution in [0.1, 0.15) is 31.5 Å². The van der Waals surface area contributed by atoms with Crippen LogP contribution in [-0.2, 0) is 0 Å². The molecule has 1 aliphatic rings. The molecule has 1 saturated carbocycles. The first-order chi connectivity index (χ1) is 11.1. The molecule has 1 unspecified atom stereocenters. The second-order valence-electron chi connectivity index (χ2n) is 5.65. The van der Waals surface area contributed by atoms with E-state index in [1.54, 1.807) is 11.8 Å². The Balaban J connectivity index is 1.86. The number of thioether (sulfide) groups is 1. The molecule has 0 radical (unpaired) electrons. The maximum atomic E-state index is 6.05. The minimum absolute atomic E-state index is 0.130. The van der Waals surface area contributed by atoms with Crippen LogP contribution in [0.4, 0.5) is 0 Å². The van der Waals surface area contributed by atoms with Crippen molar-refractivity contribution in [1.29, 1.82) is 0 Å². The predicted molar refractivity (Wildman–Crippen MR) is 97.1 cm³/mol. The fourth-order valence-electron chi connectivity index (χ4n) is 2.71. The molecule has 0 spiro atoms. The predicted octanol–water partition coefficient (Wildman–Crippen LogP) is 4.87. The van der Waals surface area contributed by atoms with Crippen molar-refractivity contribution in [3.05, 3.63) is 41.0 Å². The molecule has 1 heterocycles. The summed E-state index contributed by atoms with van der Waals surface area (Å²) in [4.78, 5) is 6.77. The normalized spacial score (nSPS) is 16.4. The first-order valence-electron chi connectivity index (χ1n) is 7.65. The van der Waals surface area contributed by atoms with Crippen molar-refractivity contribution in [2.45, 2.75) is 31.8 Å². The van der Waals surface area contributed by atoms with Gasteiger partial charge in [-0.25, -0.2) is 0 Å². The van der Waals surface area contributed by atoms with E-state index >= 15 is 0 Å². The molecule has 0 bridgehead atoms. The van der Waals surface area contributed by atoms with E-state index in [2.05, 4.69) is 28.2 Å². The van der Waals surface area contributed by atoms with Gasteiger partial charge in [-0.05, 0) is 38.2 Å². The fourth-order valence-corrected chi connectivity index (χ4v) is 3.60. The highest BCUT2D eigenvalue weighted by Crippen LogP contribution is 2.37. The van der Waals surface area contributed by atoms with Crippen molar-refractivity contribution in [3.8, 4) is 11.3 Å². The van der Waals surface area contributed by atoms with Crippen LogP contribution < -0.4 is 0 Å². The summed E-state index contributed by atoms with van der Waals surface area (Å²) in [6, 6.07) is 10.3. The Morgan fingerprint density at radius 2 is 2.22 bits per heavy atom. The molecule has 122 valence electrons. The molecule has 3 rings (SSSR count). The molecule has 0 saturated heterocycles. The minimum Gasteiger partial charge on any atom is -0.356 e. The van der Waals surface area contributed by atoms with E-state index < -0.39 is 0 Å². The molecule has 0 N–H and O–H groups in total. The van der Waals surface area contributed by atoms with E-state index in [0.29, 0.717) is 11.1 Å². The zero-order chi connectivity index (χ0) is 16.4. The maximum Gasteiger partial charge on any atom is 0.167 e. The van der Waals surface area contributed by atoms with E-state index in [1.807, 2.05) is 37.4 Å². The lowest BCUT2D eigenvalue weighted by molar-refractivity contribution is 0.311. The summed E-state index contributed by atoms with van der Waals surface area (Å²) in [7, 11) is 1.84. The second-order valence-corrected chi connectivity index (χ2v) is 6.86. The van der Waals surface area contributed by atoms with Crippen LogP contribution >= 0.6 is 23.4 Å². The van der Waals surface area contributed by atoms with Gasteiger partial charge in [0.2, 0.25) is 0 Å². The van der Waals surface area contributed by atoms with Gasteiger partial charge in [-0.1, -0.05) is 40.7 Å². The number of hydrogen-bond donors (Lipinski definition) is 0. The number of hydrogen-bond acceptors (Lipinski definition) is 4. The van der Waals surface area contributed by atoms with E-state index in [0.717, 1.165) is 22.2 Å². The van der Waals surface area contributed by atoms with Crippen molar-refractivity contribution >= 4 is 28.5 Å². The highest BCUT2D eigenvalue weighted by Gasteiger charge is 2.35. The number of benzene rings is 1. The first-order valence-corrected chi connectivity index (χ1v) is 9.26. The third kappa shape index (κ3) is 3.56. The van der Waals surface area contributed by atoms with Gasteiger partial charge in [0.15, 0.2) is 10.9 Å². The van der Waals surface area contributed by atoms with E-state index in [4.69, 9.17) is 16.1 Å². The third-order valence-electron chi connectivity index (χ3n) is 4.02. The Bertz CT molecular complexity index is 711. The maximum absolute atomic E-state index is 6.05. The summed E-state index contributed by atoms with van der Waals surface area (Å²) in [5, 5.41) is 6.02. The summed E-state index contributed by atoms with van der Waals surface area (Å²) in [5.74, 6) is 0.740. The molecule has 1 aromatic heterocycles. The Hall–Kier alpha value is -1.46. The Labute approximate surface area is 145 Å². The molecular formula is C17H20ClN3OS. The topological polar surface area (TPSA) is 41.6 Å². The highest BCUT2D eigenvalue weighted by molar-refractivity contribution is 8.13. The summed E-state index contributed by atoms with van der Waals surface area (Å²) >= 11 is 7.73. The number of aliphatic imine (C=N–C) groups is 1.